The van der Waals surface area contributed by atoms with Crippen LogP contribution >= 0.6 is 11.8 Å². The van der Waals surface area contributed by atoms with E-state index in [0.717, 1.165) is 24.2 Å². The maximum atomic E-state index is 12.8. The predicted octanol–water partition coefficient (Wildman–Crippen LogP) is 4.02. The average molecular weight is 389 g/mol. The lowest BCUT2D eigenvalue weighted by Crippen LogP contribution is -2.51. The number of nitrogens with zero attached hydrogens (tertiary/aromatic N) is 1. The molecule has 0 aliphatic heterocycles. The summed E-state index contributed by atoms with van der Waals surface area (Å²) in [6.45, 7) is -0.119. The van der Waals surface area contributed by atoms with Gasteiger partial charge in [-0.1, -0.05) is 0 Å². The van der Waals surface area contributed by atoms with Crippen molar-refractivity contribution in [2.45, 2.75) is 43.4 Å². The number of non-ortho nitro benzene ring substituents is 1. The first-order chi connectivity index (χ1) is 12.9. The highest BCUT2D eigenvalue weighted by atomic mass is 32.2. The fourth-order valence-electron chi connectivity index (χ4n) is 5.60. The molecule has 6 nitrogen and oxygen atoms in total. The molecule has 0 heterocycles. The van der Waals surface area contributed by atoms with Crippen LogP contribution in [0.25, 0.3) is 0 Å². The van der Waals surface area contributed by atoms with Crippen LogP contribution in [0, 0.1) is 33.3 Å². The van der Waals surface area contributed by atoms with E-state index in [2.05, 4.69) is 0 Å². The van der Waals surface area contributed by atoms with Crippen LogP contribution in [0.1, 0.15) is 38.5 Å². The lowest BCUT2D eigenvalue weighted by molar-refractivity contribution is -0.384. The maximum absolute atomic E-state index is 12.8. The minimum atomic E-state index is -0.460. The fraction of sp³-hybridized carbons (Fsp3) is 0.600. The number of carbonyl (C=O) groups excluding carboxylic acids is 2. The molecule has 0 atom stereocenters. The van der Waals surface area contributed by atoms with Crippen LogP contribution in [0.4, 0.5) is 5.69 Å². The van der Waals surface area contributed by atoms with Gasteiger partial charge in [0.05, 0.1) is 10.7 Å². The zero-order valence-corrected chi connectivity index (χ0v) is 15.9. The Morgan fingerprint density at radius 1 is 1.07 bits per heavy atom. The number of hydrogen-bond acceptors (Lipinski definition) is 6. The Labute approximate surface area is 162 Å². The lowest BCUT2D eigenvalue weighted by atomic mass is 9.48. The van der Waals surface area contributed by atoms with Gasteiger partial charge in [0, 0.05) is 22.4 Å². The number of ketones is 1. The Balaban J connectivity index is 1.26. The van der Waals surface area contributed by atoms with Crippen molar-refractivity contribution in [1.82, 2.24) is 0 Å². The molecule has 4 aliphatic carbocycles. The minimum Gasteiger partial charge on any atom is -0.457 e. The third-order valence-corrected chi connectivity index (χ3v) is 7.38. The zero-order valence-electron chi connectivity index (χ0n) is 15.1. The van der Waals surface area contributed by atoms with Crippen molar-refractivity contribution in [2.75, 3.05) is 12.4 Å². The van der Waals surface area contributed by atoms with Gasteiger partial charge >= 0.3 is 5.97 Å². The van der Waals surface area contributed by atoms with Gasteiger partial charge in [-0.15, -0.1) is 11.8 Å². The molecule has 27 heavy (non-hydrogen) atoms. The van der Waals surface area contributed by atoms with Gasteiger partial charge in [-0.2, -0.15) is 0 Å². The van der Waals surface area contributed by atoms with E-state index in [9.17, 15) is 19.7 Å². The number of ether oxygens (including phenoxy) is 1. The van der Waals surface area contributed by atoms with E-state index < -0.39 is 10.9 Å². The molecule has 4 aliphatic rings. The second-order valence-corrected chi connectivity index (χ2v) is 9.37. The molecular weight excluding hydrogens is 366 g/mol. The fourth-order valence-corrected chi connectivity index (χ4v) is 6.30. The van der Waals surface area contributed by atoms with E-state index in [1.54, 1.807) is 12.1 Å². The molecular formula is C20H23NO5S. The van der Waals surface area contributed by atoms with E-state index in [1.807, 2.05) is 0 Å². The Bertz CT molecular complexity index is 725. The Kier molecular flexibility index (Phi) is 4.97. The summed E-state index contributed by atoms with van der Waals surface area (Å²) in [6, 6.07) is 6.03. The number of thioether (sulfide) groups is 1. The molecule has 0 radical (unpaired) electrons. The number of Topliss-reactive ketones (excluding diaryl/α,β-unsaturated/α-hetero) is 1. The zero-order chi connectivity index (χ0) is 19.0. The van der Waals surface area contributed by atoms with Crippen molar-refractivity contribution < 1.29 is 19.2 Å². The van der Waals surface area contributed by atoms with Crippen LogP contribution < -0.4 is 0 Å². The van der Waals surface area contributed by atoms with Crippen molar-refractivity contribution in [1.29, 1.82) is 0 Å². The SMILES string of the molecule is O=C(CSc1ccc([N+](=O)[O-])cc1)OCC(=O)C12CC3CC(CC(C3)C1)C2. The second kappa shape index (κ2) is 7.26. The molecule has 5 rings (SSSR count). The summed E-state index contributed by atoms with van der Waals surface area (Å²) < 4.78 is 5.26. The van der Waals surface area contributed by atoms with Crippen molar-refractivity contribution >= 4 is 29.2 Å². The third-order valence-electron chi connectivity index (χ3n) is 6.40. The molecule has 4 fully saturated rings. The molecule has 1 aromatic carbocycles. The largest absolute Gasteiger partial charge is 0.457 e. The standard InChI is InChI=1S/C20H23NO5S/c22-18(20-8-13-5-14(9-20)7-15(6-13)10-20)11-26-19(23)12-27-17-3-1-16(2-4-17)21(24)25/h1-4,13-15H,5-12H2. The monoisotopic (exact) mass is 389 g/mol. The molecule has 1 aromatic rings. The molecule has 0 unspecified atom stereocenters. The van der Waals surface area contributed by atoms with Gasteiger partial charge < -0.3 is 4.74 Å². The van der Waals surface area contributed by atoms with E-state index in [-0.39, 0.29) is 29.2 Å². The van der Waals surface area contributed by atoms with E-state index in [1.165, 1.54) is 43.2 Å². The Hall–Kier alpha value is -1.89. The van der Waals surface area contributed by atoms with Gasteiger partial charge in [0.2, 0.25) is 0 Å². The van der Waals surface area contributed by atoms with Crippen LogP contribution in [0.2, 0.25) is 0 Å². The number of nitro groups is 1. The summed E-state index contributed by atoms with van der Waals surface area (Å²) in [7, 11) is 0. The van der Waals surface area contributed by atoms with Crippen LogP contribution in [-0.4, -0.2) is 29.0 Å². The summed E-state index contributed by atoms with van der Waals surface area (Å²) in [5, 5.41) is 10.6. The van der Waals surface area contributed by atoms with Gasteiger partial charge in [0.1, 0.15) is 0 Å². The molecule has 0 aromatic heterocycles. The number of carbonyl (C=O) groups is 2. The predicted molar refractivity (Wildman–Crippen MR) is 100 cm³/mol. The van der Waals surface area contributed by atoms with E-state index >= 15 is 0 Å². The topological polar surface area (TPSA) is 86.5 Å². The normalized spacial score (nSPS) is 30.9. The number of benzene rings is 1. The summed E-state index contributed by atoms with van der Waals surface area (Å²) in [6.07, 6.45) is 6.77. The van der Waals surface area contributed by atoms with Crippen LogP contribution in [0.15, 0.2) is 29.2 Å². The molecule has 7 heteroatoms. The molecule has 4 saturated carbocycles. The van der Waals surface area contributed by atoms with E-state index in [0.29, 0.717) is 17.8 Å². The molecule has 144 valence electrons. The first-order valence-corrected chi connectivity index (χ1v) is 10.5. The average Bonchev–Trinajstić information content (AvgIpc) is 2.63. The van der Waals surface area contributed by atoms with Crippen molar-refractivity contribution in [2.24, 2.45) is 23.2 Å². The first kappa shape index (κ1) is 18.5. The highest BCUT2D eigenvalue weighted by molar-refractivity contribution is 8.00. The highest BCUT2D eigenvalue weighted by Crippen LogP contribution is 2.60. The summed E-state index contributed by atoms with van der Waals surface area (Å²) in [4.78, 5) is 35.8. The van der Waals surface area contributed by atoms with Crippen molar-refractivity contribution in [3.8, 4) is 0 Å². The molecule has 4 bridgehead atoms. The van der Waals surface area contributed by atoms with Gasteiger partial charge in [-0.3, -0.25) is 19.7 Å². The third kappa shape index (κ3) is 3.88. The van der Waals surface area contributed by atoms with Crippen molar-refractivity contribution in [3.63, 3.8) is 0 Å². The van der Waals surface area contributed by atoms with Crippen LogP contribution in [0.3, 0.4) is 0 Å². The van der Waals surface area contributed by atoms with Crippen LogP contribution in [-0.2, 0) is 14.3 Å². The summed E-state index contributed by atoms with van der Waals surface area (Å²) in [5.41, 5.74) is -0.219. The maximum Gasteiger partial charge on any atom is 0.316 e. The molecule has 0 N–H and O–H groups in total. The Morgan fingerprint density at radius 3 is 2.15 bits per heavy atom. The van der Waals surface area contributed by atoms with Crippen LogP contribution in [0.5, 0.6) is 0 Å². The van der Waals surface area contributed by atoms with Crippen molar-refractivity contribution in [3.05, 3.63) is 34.4 Å². The quantitative estimate of drug-likeness (QED) is 0.303. The van der Waals surface area contributed by atoms with E-state index in [4.69, 9.17) is 4.74 Å². The highest BCUT2D eigenvalue weighted by Gasteiger charge is 2.54. The summed E-state index contributed by atoms with van der Waals surface area (Å²) in [5.74, 6) is 1.84. The minimum absolute atomic E-state index is 0.0168. The van der Waals surface area contributed by atoms with Gasteiger partial charge in [0.15, 0.2) is 12.4 Å². The number of rotatable bonds is 7. The summed E-state index contributed by atoms with van der Waals surface area (Å²) >= 11 is 1.25. The smallest absolute Gasteiger partial charge is 0.316 e. The number of nitro benzene ring substituents is 1. The van der Waals surface area contributed by atoms with Gasteiger partial charge in [-0.25, -0.2) is 0 Å². The number of hydrogen-bond donors (Lipinski definition) is 0. The molecule has 0 saturated heterocycles. The second-order valence-electron chi connectivity index (χ2n) is 8.32. The molecule has 0 amide bonds. The van der Waals surface area contributed by atoms with Gasteiger partial charge in [0.25, 0.3) is 5.69 Å². The molecule has 0 spiro atoms. The number of esters is 1. The first-order valence-electron chi connectivity index (χ1n) is 9.50. The van der Waals surface area contributed by atoms with Gasteiger partial charge in [-0.05, 0) is 68.4 Å². The lowest BCUT2D eigenvalue weighted by Gasteiger charge is -2.55. The Morgan fingerprint density at radius 2 is 1.63 bits per heavy atom.